The molecule has 4 rings (SSSR count). The van der Waals surface area contributed by atoms with Crippen molar-refractivity contribution in [1.29, 1.82) is 0 Å². The fraction of sp³-hybridized carbons (Fsp3) is 0.333. The summed E-state index contributed by atoms with van der Waals surface area (Å²) in [5.74, 6) is 0.239. The molecule has 1 atom stereocenters. The summed E-state index contributed by atoms with van der Waals surface area (Å²) in [6.07, 6.45) is 3.62. The van der Waals surface area contributed by atoms with E-state index in [-0.39, 0.29) is 17.4 Å². The van der Waals surface area contributed by atoms with Gasteiger partial charge in [0.1, 0.15) is 12.1 Å². The largest absolute Gasteiger partial charge is 0.339 e. The van der Waals surface area contributed by atoms with Crippen LogP contribution in [0.5, 0.6) is 0 Å². The third-order valence-corrected chi connectivity index (χ3v) is 6.68. The molecule has 1 fully saturated rings. The molecule has 1 aliphatic rings. The normalized spacial score (nSPS) is 17.9. The Morgan fingerprint density at radius 3 is 2.82 bits per heavy atom. The zero-order chi connectivity index (χ0) is 19.9. The molecule has 0 spiro atoms. The number of halogens is 1. The molecule has 0 radical (unpaired) electrons. The minimum absolute atomic E-state index is 0.0868. The van der Waals surface area contributed by atoms with Crippen LogP contribution in [-0.2, 0) is 10.0 Å². The van der Waals surface area contributed by atoms with Crippen LogP contribution in [0.25, 0.3) is 11.4 Å². The standard InChI is InChI=1S/C18H18FN5O3S/c1-11-7-14(3-4-16(11)19)28(25,26)24-6-5-13(9-24)17-15(8-20-10-21-17)18-22-12(2)27-23-18/h3-4,7-8,10,13H,5-6,9H2,1-2H3/t13-/m1/s1. The number of rotatable bonds is 4. The second kappa shape index (κ2) is 7.02. The number of aromatic nitrogens is 4. The summed E-state index contributed by atoms with van der Waals surface area (Å²) in [5, 5.41) is 3.92. The molecule has 1 aromatic carbocycles. The van der Waals surface area contributed by atoms with E-state index in [0.717, 1.165) is 0 Å². The third-order valence-electron chi connectivity index (χ3n) is 4.82. The first-order chi connectivity index (χ1) is 13.4. The molecular formula is C18H18FN5O3S. The molecule has 28 heavy (non-hydrogen) atoms. The molecule has 1 saturated heterocycles. The lowest BCUT2D eigenvalue weighted by molar-refractivity contribution is 0.394. The summed E-state index contributed by atoms with van der Waals surface area (Å²) >= 11 is 0. The van der Waals surface area contributed by atoms with E-state index in [1.807, 2.05) is 0 Å². The molecule has 0 aliphatic carbocycles. The molecule has 8 nitrogen and oxygen atoms in total. The van der Waals surface area contributed by atoms with Crippen molar-refractivity contribution >= 4 is 10.0 Å². The smallest absolute Gasteiger partial charge is 0.243 e. The first-order valence-electron chi connectivity index (χ1n) is 8.73. The fourth-order valence-electron chi connectivity index (χ4n) is 3.34. The second-order valence-electron chi connectivity index (χ2n) is 6.72. The average Bonchev–Trinajstić information content (AvgIpc) is 3.33. The second-order valence-corrected chi connectivity index (χ2v) is 8.66. The third kappa shape index (κ3) is 3.29. The van der Waals surface area contributed by atoms with Crippen molar-refractivity contribution in [2.45, 2.75) is 31.1 Å². The summed E-state index contributed by atoms with van der Waals surface area (Å²) in [6, 6.07) is 3.83. The molecule has 2 aromatic heterocycles. The van der Waals surface area contributed by atoms with Crippen LogP contribution >= 0.6 is 0 Å². The highest BCUT2D eigenvalue weighted by atomic mass is 32.2. The number of hydrogen-bond acceptors (Lipinski definition) is 7. The van der Waals surface area contributed by atoms with Crippen LogP contribution in [0.4, 0.5) is 4.39 Å². The van der Waals surface area contributed by atoms with Crippen LogP contribution in [0.2, 0.25) is 0 Å². The Morgan fingerprint density at radius 1 is 1.29 bits per heavy atom. The highest BCUT2D eigenvalue weighted by molar-refractivity contribution is 7.89. The van der Waals surface area contributed by atoms with Gasteiger partial charge in [0, 0.05) is 32.1 Å². The van der Waals surface area contributed by atoms with Crippen LogP contribution in [0.15, 0.2) is 40.1 Å². The van der Waals surface area contributed by atoms with Gasteiger partial charge in [0.15, 0.2) is 0 Å². The van der Waals surface area contributed by atoms with Gasteiger partial charge in [0.2, 0.25) is 21.7 Å². The molecule has 0 saturated carbocycles. The Morgan fingerprint density at radius 2 is 2.11 bits per heavy atom. The highest BCUT2D eigenvalue weighted by Gasteiger charge is 2.35. The maximum absolute atomic E-state index is 13.5. The Balaban J connectivity index is 1.62. The highest BCUT2D eigenvalue weighted by Crippen LogP contribution is 2.34. The average molecular weight is 403 g/mol. The Kier molecular flexibility index (Phi) is 4.68. The lowest BCUT2D eigenvalue weighted by atomic mass is 10.00. The molecule has 0 N–H and O–H groups in total. The van der Waals surface area contributed by atoms with E-state index in [4.69, 9.17) is 4.52 Å². The maximum atomic E-state index is 13.5. The lowest BCUT2D eigenvalue weighted by Crippen LogP contribution is -2.29. The van der Waals surface area contributed by atoms with Crippen molar-refractivity contribution in [2.24, 2.45) is 0 Å². The molecule has 0 unspecified atom stereocenters. The van der Waals surface area contributed by atoms with Crippen molar-refractivity contribution in [1.82, 2.24) is 24.4 Å². The maximum Gasteiger partial charge on any atom is 0.243 e. The first-order valence-corrected chi connectivity index (χ1v) is 10.2. The topological polar surface area (TPSA) is 102 Å². The number of benzene rings is 1. The molecule has 3 heterocycles. The molecule has 1 aliphatic heterocycles. The van der Waals surface area contributed by atoms with E-state index < -0.39 is 15.8 Å². The monoisotopic (exact) mass is 403 g/mol. The van der Waals surface area contributed by atoms with E-state index in [1.165, 1.54) is 28.8 Å². The van der Waals surface area contributed by atoms with Gasteiger partial charge in [-0.05, 0) is 37.1 Å². The van der Waals surface area contributed by atoms with Crippen LogP contribution < -0.4 is 0 Å². The fourth-order valence-corrected chi connectivity index (χ4v) is 4.93. The van der Waals surface area contributed by atoms with Crippen molar-refractivity contribution in [2.75, 3.05) is 13.1 Å². The zero-order valence-corrected chi connectivity index (χ0v) is 16.1. The molecule has 146 valence electrons. The number of sulfonamides is 1. The van der Waals surface area contributed by atoms with Crippen LogP contribution in [0.3, 0.4) is 0 Å². The van der Waals surface area contributed by atoms with Gasteiger partial charge in [0.05, 0.1) is 16.2 Å². The summed E-state index contributed by atoms with van der Waals surface area (Å²) in [5.41, 5.74) is 1.60. The van der Waals surface area contributed by atoms with Gasteiger partial charge < -0.3 is 4.52 Å². The van der Waals surface area contributed by atoms with E-state index >= 15 is 0 Å². The van der Waals surface area contributed by atoms with Gasteiger partial charge in [-0.3, -0.25) is 0 Å². The minimum Gasteiger partial charge on any atom is -0.339 e. The van der Waals surface area contributed by atoms with Crippen LogP contribution in [0.1, 0.15) is 29.5 Å². The predicted octanol–water partition coefficient (Wildman–Crippen LogP) is 2.46. The van der Waals surface area contributed by atoms with Crippen LogP contribution in [-0.4, -0.2) is 45.9 Å². The van der Waals surface area contributed by atoms with Gasteiger partial charge in [-0.15, -0.1) is 0 Å². The summed E-state index contributed by atoms with van der Waals surface area (Å²) in [6.45, 7) is 3.84. The molecule has 0 bridgehead atoms. The number of nitrogens with zero attached hydrogens (tertiary/aromatic N) is 5. The number of hydrogen-bond donors (Lipinski definition) is 0. The Bertz CT molecular complexity index is 1130. The summed E-state index contributed by atoms with van der Waals surface area (Å²) in [4.78, 5) is 12.7. The van der Waals surface area contributed by atoms with Gasteiger partial charge in [0.25, 0.3) is 0 Å². The minimum atomic E-state index is -3.72. The first kappa shape index (κ1) is 18.6. The van der Waals surface area contributed by atoms with Gasteiger partial charge in [-0.2, -0.15) is 9.29 Å². The van der Waals surface area contributed by atoms with Crippen LogP contribution in [0, 0.1) is 19.7 Å². The van der Waals surface area contributed by atoms with Crippen molar-refractivity contribution in [3.8, 4) is 11.4 Å². The van der Waals surface area contributed by atoms with Gasteiger partial charge in [-0.1, -0.05) is 5.16 Å². The van der Waals surface area contributed by atoms with Crippen molar-refractivity contribution in [3.63, 3.8) is 0 Å². The van der Waals surface area contributed by atoms with Gasteiger partial charge >= 0.3 is 0 Å². The molecule has 3 aromatic rings. The van der Waals surface area contributed by atoms with E-state index in [2.05, 4.69) is 20.1 Å². The van der Waals surface area contributed by atoms with Crippen molar-refractivity contribution < 1.29 is 17.3 Å². The SMILES string of the molecule is Cc1nc(-c2cncnc2[C@@H]2CCN(S(=O)(=O)c3ccc(F)c(C)c3)C2)no1. The Hall–Kier alpha value is -2.72. The number of aryl methyl sites for hydroxylation is 2. The van der Waals surface area contributed by atoms with E-state index in [9.17, 15) is 12.8 Å². The zero-order valence-electron chi connectivity index (χ0n) is 15.3. The molecular weight excluding hydrogens is 385 g/mol. The summed E-state index contributed by atoms with van der Waals surface area (Å²) < 4.78 is 45.9. The molecule has 0 amide bonds. The van der Waals surface area contributed by atoms with E-state index in [0.29, 0.717) is 41.5 Å². The van der Waals surface area contributed by atoms with E-state index in [1.54, 1.807) is 20.0 Å². The molecule has 10 heteroatoms. The quantitative estimate of drug-likeness (QED) is 0.659. The van der Waals surface area contributed by atoms with Crippen molar-refractivity contribution in [3.05, 3.63) is 53.7 Å². The Labute approximate surface area is 161 Å². The predicted molar refractivity (Wildman–Crippen MR) is 97.3 cm³/mol. The van der Waals surface area contributed by atoms with Gasteiger partial charge in [-0.25, -0.2) is 22.8 Å². The lowest BCUT2D eigenvalue weighted by Gasteiger charge is -2.17. The summed E-state index contributed by atoms with van der Waals surface area (Å²) in [7, 11) is -3.72.